The van der Waals surface area contributed by atoms with Crippen LogP contribution in [-0.2, 0) is 11.8 Å². The second-order valence-electron chi connectivity index (χ2n) is 3.57. The van der Waals surface area contributed by atoms with Crippen LogP contribution in [-0.4, -0.2) is 32.8 Å². The fraction of sp³-hybridized carbons (Fsp3) is 0.500. The molecule has 6 heteroatoms. The number of carbonyl (C=O) groups is 2. The van der Waals surface area contributed by atoms with Crippen molar-refractivity contribution in [2.45, 2.75) is 26.3 Å². The summed E-state index contributed by atoms with van der Waals surface area (Å²) in [4.78, 5) is 22.4. The zero-order chi connectivity index (χ0) is 12.3. The standard InChI is InChI=1S/C10H15N3O3/c1-4-7(10(15)16)11-9(14)8-5-6(2)13(3)12-8/h5,7H,4H2,1-3H3,(H,11,14)(H,15,16). The summed E-state index contributed by atoms with van der Waals surface area (Å²) in [6, 6.07) is 0.749. The Bertz CT molecular complexity index is 392. The van der Waals surface area contributed by atoms with Gasteiger partial charge in [-0.1, -0.05) is 6.92 Å². The Morgan fingerprint density at radius 2 is 2.25 bits per heavy atom. The van der Waals surface area contributed by atoms with Crippen molar-refractivity contribution >= 4 is 11.9 Å². The number of hydrogen-bond donors (Lipinski definition) is 2. The Balaban J connectivity index is 2.75. The molecular weight excluding hydrogens is 210 g/mol. The van der Waals surface area contributed by atoms with Gasteiger partial charge in [-0.25, -0.2) is 4.79 Å². The van der Waals surface area contributed by atoms with Crippen molar-refractivity contribution in [3.8, 4) is 0 Å². The fourth-order valence-corrected chi connectivity index (χ4v) is 1.24. The summed E-state index contributed by atoms with van der Waals surface area (Å²) in [7, 11) is 1.72. The number of rotatable bonds is 4. The number of aliphatic carboxylic acids is 1. The lowest BCUT2D eigenvalue weighted by Gasteiger charge is -2.10. The first-order valence-electron chi connectivity index (χ1n) is 5.00. The lowest BCUT2D eigenvalue weighted by atomic mass is 10.2. The summed E-state index contributed by atoms with van der Waals surface area (Å²) in [5.74, 6) is -1.50. The van der Waals surface area contributed by atoms with Crippen molar-refractivity contribution in [2.24, 2.45) is 7.05 Å². The third-order valence-electron chi connectivity index (χ3n) is 2.36. The van der Waals surface area contributed by atoms with E-state index in [1.54, 1.807) is 24.7 Å². The first-order chi connectivity index (χ1) is 7.45. The molecule has 0 fully saturated rings. The first-order valence-corrected chi connectivity index (χ1v) is 5.00. The number of carboxylic acids is 1. The molecule has 0 aliphatic heterocycles. The molecule has 0 aliphatic carbocycles. The van der Waals surface area contributed by atoms with Gasteiger partial charge in [0.1, 0.15) is 11.7 Å². The van der Waals surface area contributed by atoms with Crippen LogP contribution < -0.4 is 5.32 Å². The summed E-state index contributed by atoms with van der Waals surface area (Å²) in [5, 5.41) is 15.2. The van der Waals surface area contributed by atoms with E-state index in [1.807, 2.05) is 6.92 Å². The minimum atomic E-state index is -1.04. The van der Waals surface area contributed by atoms with E-state index in [0.29, 0.717) is 6.42 Å². The molecule has 1 rings (SSSR count). The molecule has 0 radical (unpaired) electrons. The molecule has 1 aromatic rings. The Morgan fingerprint density at radius 1 is 1.62 bits per heavy atom. The molecule has 0 aromatic carbocycles. The van der Waals surface area contributed by atoms with Crippen LogP contribution in [0, 0.1) is 6.92 Å². The van der Waals surface area contributed by atoms with E-state index in [4.69, 9.17) is 5.11 Å². The van der Waals surface area contributed by atoms with Gasteiger partial charge in [0, 0.05) is 12.7 Å². The topological polar surface area (TPSA) is 84.2 Å². The van der Waals surface area contributed by atoms with Gasteiger partial charge in [0.25, 0.3) is 5.91 Å². The van der Waals surface area contributed by atoms with E-state index in [0.717, 1.165) is 5.69 Å². The normalized spacial score (nSPS) is 12.2. The molecule has 1 atom stereocenters. The van der Waals surface area contributed by atoms with Crippen LogP contribution in [0.4, 0.5) is 0 Å². The first kappa shape index (κ1) is 12.2. The molecule has 2 N–H and O–H groups in total. The highest BCUT2D eigenvalue weighted by Crippen LogP contribution is 2.02. The largest absolute Gasteiger partial charge is 0.480 e. The molecule has 0 bridgehead atoms. The lowest BCUT2D eigenvalue weighted by Crippen LogP contribution is -2.40. The number of aromatic nitrogens is 2. The number of nitrogens with zero attached hydrogens (tertiary/aromatic N) is 2. The number of amides is 1. The Kier molecular flexibility index (Phi) is 3.65. The third-order valence-corrected chi connectivity index (χ3v) is 2.36. The van der Waals surface area contributed by atoms with Gasteiger partial charge in [0.2, 0.25) is 0 Å². The summed E-state index contributed by atoms with van der Waals surface area (Å²) < 4.78 is 1.57. The van der Waals surface area contributed by atoms with Crippen LogP contribution in [0.15, 0.2) is 6.07 Å². The minimum absolute atomic E-state index is 0.236. The van der Waals surface area contributed by atoms with Crippen molar-refractivity contribution in [2.75, 3.05) is 0 Å². The van der Waals surface area contributed by atoms with Gasteiger partial charge in [-0.2, -0.15) is 5.10 Å². The van der Waals surface area contributed by atoms with Crippen molar-refractivity contribution < 1.29 is 14.7 Å². The number of carboxylic acid groups (broad SMARTS) is 1. The molecular formula is C10H15N3O3. The van der Waals surface area contributed by atoms with Crippen molar-refractivity contribution in [3.63, 3.8) is 0 Å². The van der Waals surface area contributed by atoms with E-state index in [2.05, 4.69) is 10.4 Å². The predicted octanol–water partition coefficient (Wildman–Crippen LogP) is 0.322. The summed E-state index contributed by atoms with van der Waals surface area (Å²) in [5.41, 5.74) is 1.08. The van der Waals surface area contributed by atoms with E-state index in [-0.39, 0.29) is 5.69 Å². The maximum atomic E-state index is 11.6. The van der Waals surface area contributed by atoms with E-state index in [9.17, 15) is 9.59 Å². The Morgan fingerprint density at radius 3 is 2.62 bits per heavy atom. The van der Waals surface area contributed by atoms with Crippen LogP contribution >= 0.6 is 0 Å². The molecule has 88 valence electrons. The number of carbonyl (C=O) groups excluding carboxylic acids is 1. The van der Waals surface area contributed by atoms with Gasteiger partial charge >= 0.3 is 5.97 Å². The minimum Gasteiger partial charge on any atom is -0.480 e. The molecule has 0 spiro atoms. The highest BCUT2D eigenvalue weighted by molar-refractivity contribution is 5.95. The molecule has 16 heavy (non-hydrogen) atoms. The maximum absolute atomic E-state index is 11.6. The maximum Gasteiger partial charge on any atom is 0.326 e. The molecule has 1 aromatic heterocycles. The molecule has 1 unspecified atom stereocenters. The van der Waals surface area contributed by atoms with Crippen LogP contribution in [0.1, 0.15) is 29.5 Å². The van der Waals surface area contributed by atoms with Crippen LogP contribution in [0.2, 0.25) is 0 Å². The van der Waals surface area contributed by atoms with Gasteiger partial charge in [-0.15, -0.1) is 0 Å². The van der Waals surface area contributed by atoms with Crippen molar-refractivity contribution in [1.29, 1.82) is 0 Å². The average Bonchev–Trinajstić information content (AvgIpc) is 2.55. The summed E-state index contributed by atoms with van der Waals surface area (Å²) in [6.07, 6.45) is 0.340. The molecule has 0 saturated heterocycles. The fourth-order valence-electron chi connectivity index (χ4n) is 1.24. The quantitative estimate of drug-likeness (QED) is 0.773. The number of hydrogen-bond acceptors (Lipinski definition) is 3. The van der Waals surface area contributed by atoms with Crippen LogP contribution in [0.3, 0.4) is 0 Å². The predicted molar refractivity (Wildman–Crippen MR) is 57.1 cm³/mol. The van der Waals surface area contributed by atoms with Crippen LogP contribution in [0.25, 0.3) is 0 Å². The molecule has 0 aliphatic rings. The molecule has 1 heterocycles. The average molecular weight is 225 g/mol. The SMILES string of the molecule is CCC(NC(=O)c1cc(C)n(C)n1)C(=O)O. The highest BCUT2D eigenvalue weighted by atomic mass is 16.4. The van der Waals surface area contributed by atoms with E-state index >= 15 is 0 Å². The van der Waals surface area contributed by atoms with Gasteiger partial charge in [-0.3, -0.25) is 9.48 Å². The third kappa shape index (κ3) is 2.59. The molecule has 1 amide bonds. The second-order valence-corrected chi connectivity index (χ2v) is 3.57. The number of nitrogens with one attached hydrogen (secondary N) is 1. The monoisotopic (exact) mass is 225 g/mol. The lowest BCUT2D eigenvalue weighted by molar-refractivity contribution is -0.139. The van der Waals surface area contributed by atoms with Gasteiger partial charge in [0.15, 0.2) is 0 Å². The van der Waals surface area contributed by atoms with Crippen molar-refractivity contribution in [1.82, 2.24) is 15.1 Å². The van der Waals surface area contributed by atoms with E-state index in [1.165, 1.54) is 0 Å². The Labute approximate surface area is 93.3 Å². The van der Waals surface area contributed by atoms with E-state index < -0.39 is 17.9 Å². The summed E-state index contributed by atoms with van der Waals surface area (Å²) in [6.45, 7) is 3.51. The highest BCUT2D eigenvalue weighted by Gasteiger charge is 2.20. The van der Waals surface area contributed by atoms with Gasteiger partial charge < -0.3 is 10.4 Å². The van der Waals surface area contributed by atoms with Crippen LogP contribution in [0.5, 0.6) is 0 Å². The Hall–Kier alpha value is -1.85. The zero-order valence-corrected chi connectivity index (χ0v) is 9.52. The molecule has 0 saturated carbocycles. The zero-order valence-electron chi connectivity index (χ0n) is 9.52. The smallest absolute Gasteiger partial charge is 0.326 e. The number of aryl methyl sites for hydroxylation is 2. The van der Waals surface area contributed by atoms with Gasteiger partial charge in [0.05, 0.1) is 0 Å². The van der Waals surface area contributed by atoms with Gasteiger partial charge in [-0.05, 0) is 19.4 Å². The second kappa shape index (κ2) is 4.78. The summed E-state index contributed by atoms with van der Waals surface area (Å²) >= 11 is 0. The van der Waals surface area contributed by atoms with Crippen molar-refractivity contribution in [3.05, 3.63) is 17.5 Å². The molecule has 6 nitrogen and oxygen atoms in total.